The van der Waals surface area contributed by atoms with Crippen LogP contribution in [0.5, 0.6) is 0 Å². The van der Waals surface area contributed by atoms with Crippen molar-refractivity contribution < 1.29 is 0 Å². The lowest BCUT2D eigenvalue weighted by molar-refractivity contribution is 1.22. The van der Waals surface area contributed by atoms with Crippen molar-refractivity contribution in [3.63, 3.8) is 0 Å². The molecule has 2 heterocycles. The Hall–Kier alpha value is -3.91. The third kappa shape index (κ3) is 2.46. The lowest BCUT2D eigenvalue weighted by Crippen LogP contribution is -2.15. The van der Waals surface area contributed by atoms with E-state index in [2.05, 4.69) is 102 Å². The fourth-order valence-corrected chi connectivity index (χ4v) is 4.35. The number of nitrogens with zero attached hydrogens (tertiary/aromatic N) is 2. The summed E-state index contributed by atoms with van der Waals surface area (Å²) in [5.74, 6) is 0. The number of pyridine rings is 1. The van der Waals surface area contributed by atoms with Gasteiger partial charge in [0.1, 0.15) is 0 Å². The van der Waals surface area contributed by atoms with Gasteiger partial charge in [0.2, 0.25) is 0 Å². The van der Waals surface area contributed by atoms with Crippen LogP contribution in [0.2, 0.25) is 0 Å². The van der Waals surface area contributed by atoms with E-state index in [0.29, 0.717) is 0 Å². The Morgan fingerprint density at radius 2 is 1.34 bits per heavy atom. The van der Waals surface area contributed by atoms with E-state index in [1.807, 2.05) is 12.3 Å². The van der Waals surface area contributed by atoms with Gasteiger partial charge in [-0.1, -0.05) is 60.7 Å². The highest BCUT2D eigenvalue weighted by Crippen LogP contribution is 2.50. The number of rotatable bonds is 2. The molecule has 6 rings (SSSR count). The molecule has 0 amide bonds. The van der Waals surface area contributed by atoms with E-state index in [0.717, 1.165) is 17.1 Å². The molecule has 5 aromatic rings. The average Bonchev–Trinajstić information content (AvgIpc) is 2.80. The minimum atomic E-state index is 1.03. The van der Waals surface area contributed by atoms with Gasteiger partial charge in [0.25, 0.3) is 0 Å². The van der Waals surface area contributed by atoms with E-state index in [1.54, 1.807) is 0 Å². The summed E-state index contributed by atoms with van der Waals surface area (Å²) in [5.41, 5.74) is 8.12. The van der Waals surface area contributed by atoms with Gasteiger partial charge in [-0.15, -0.1) is 0 Å². The van der Waals surface area contributed by atoms with Crippen LogP contribution in [0.3, 0.4) is 0 Å². The van der Waals surface area contributed by atoms with Crippen LogP contribution in [-0.2, 0) is 0 Å². The third-order valence-electron chi connectivity index (χ3n) is 5.60. The normalized spacial score (nSPS) is 12.1. The molecule has 1 aliphatic rings. The van der Waals surface area contributed by atoms with Crippen LogP contribution >= 0.6 is 0 Å². The molecule has 0 N–H and O–H groups in total. The first-order chi connectivity index (χ1) is 14.4. The predicted octanol–water partition coefficient (Wildman–Crippen LogP) is 7.35. The maximum absolute atomic E-state index is 4.81. The second kappa shape index (κ2) is 6.32. The van der Waals surface area contributed by atoms with Crippen LogP contribution in [0.4, 0.5) is 17.1 Å². The number of anilines is 3. The topological polar surface area (TPSA) is 16.1 Å². The molecule has 0 saturated carbocycles. The molecule has 0 atom stereocenters. The van der Waals surface area contributed by atoms with Crippen LogP contribution in [0.25, 0.3) is 33.2 Å². The highest BCUT2D eigenvalue weighted by molar-refractivity contribution is 6.14. The average molecular weight is 370 g/mol. The Kier molecular flexibility index (Phi) is 3.50. The Bertz CT molecular complexity index is 1340. The summed E-state index contributed by atoms with van der Waals surface area (Å²) >= 11 is 0. The molecule has 0 bridgehead atoms. The summed E-state index contributed by atoms with van der Waals surface area (Å²) in [6.45, 7) is 0. The molecule has 29 heavy (non-hydrogen) atoms. The highest BCUT2D eigenvalue weighted by atomic mass is 15.2. The van der Waals surface area contributed by atoms with Crippen molar-refractivity contribution in [2.75, 3.05) is 4.90 Å². The van der Waals surface area contributed by atoms with E-state index >= 15 is 0 Å². The maximum Gasteiger partial charge on any atom is 0.0949 e. The molecule has 0 spiro atoms. The van der Waals surface area contributed by atoms with Crippen LogP contribution in [0.15, 0.2) is 109 Å². The van der Waals surface area contributed by atoms with Gasteiger partial charge in [0, 0.05) is 22.8 Å². The van der Waals surface area contributed by atoms with E-state index in [1.165, 1.54) is 33.2 Å². The molecular weight excluding hydrogens is 352 g/mol. The number of hydrogen-bond donors (Lipinski definition) is 0. The zero-order valence-electron chi connectivity index (χ0n) is 15.8. The maximum atomic E-state index is 4.81. The first-order valence-electron chi connectivity index (χ1n) is 9.83. The van der Waals surface area contributed by atoms with Gasteiger partial charge < -0.3 is 4.90 Å². The highest BCUT2D eigenvalue weighted by Gasteiger charge is 2.27. The van der Waals surface area contributed by atoms with Gasteiger partial charge in [0.05, 0.1) is 17.1 Å². The van der Waals surface area contributed by atoms with Crippen LogP contribution in [0, 0.1) is 0 Å². The van der Waals surface area contributed by atoms with Gasteiger partial charge >= 0.3 is 0 Å². The number of fused-ring (bicyclic) bond motifs is 2. The van der Waals surface area contributed by atoms with E-state index in [4.69, 9.17) is 4.98 Å². The standard InChI is InChI=1S/C27H18N2/c1-3-9-19(10-4-1)21-17-20-11-7-14-24-26(20)23(18-21)27-25(15-8-16-28-27)29(24)22-12-5-2-6-13-22/h1-18H. The summed E-state index contributed by atoms with van der Waals surface area (Å²) in [4.78, 5) is 7.13. The summed E-state index contributed by atoms with van der Waals surface area (Å²) in [6.07, 6.45) is 1.89. The van der Waals surface area contributed by atoms with Crippen molar-refractivity contribution in [3.8, 4) is 22.4 Å². The molecule has 2 heteroatoms. The van der Waals surface area contributed by atoms with Gasteiger partial charge in [-0.05, 0) is 59.0 Å². The lowest BCUT2D eigenvalue weighted by Gasteiger charge is -2.33. The Morgan fingerprint density at radius 1 is 0.586 bits per heavy atom. The van der Waals surface area contributed by atoms with Gasteiger partial charge in [0.15, 0.2) is 0 Å². The van der Waals surface area contributed by atoms with Crippen molar-refractivity contribution in [2.24, 2.45) is 0 Å². The van der Waals surface area contributed by atoms with Crippen molar-refractivity contribution in [2.45, 2.75) is 0 Å². The second-order valence-electron chi connectivity index (χ2n) is 7.31. The molecule has 2 nitrogen and oxygen atoms in total. The van der Waals surface area contributed by atoms with Crippen molar-refractivity contribution >= 4 is 27.8 Å². The largest absolute Gasteiger partial charge is 0.308 e. The fourth-order valence-electron chi connectivity index (χ4n) is 4.35. The van der Waals surface area contributed by atoms with Crippen LogP contribution < -0.4 is 4.90 Å². The minimum absolute atomic E-state index is 1.03. The summed E-state index contributed by atoms with van der Waals surface area (Å²) in [7, 11) is 0. The molecule has 0 radical (unpaired) electrons. The summed E-state index contributed by atoms with van der Waals surface area (Å²) in [5, 5.41) is 2.48. The molecule has 0 aliphatic carbocycles. The third-order valence-corrected chi connectivity index (χ3v) is 5.60. The number of aromatic nitrogens is 1. The van der Waals surface area contributed by atoms with Gasteiger partial charge in [-0.3, -0.25) is 4.98 Å². The summed E-state index contributed by atoms with van der Waals surface area (Å²) in [6, 6.07) is 36.4. The predicted molar refractivity (Wildman–Crippen MR) is 121 cm³/mol. The molecule has 0 saturated heterocycles. The molecule has 136 valence electrons. The Morgan fingerprint density at radius 3 is 2.17 bits per heavy atom. The number of hydrogen-bond acceptors (Lipinski definition) is 2. The zero-order chi connectivity index (χ0) is 19.2. The monoisotopic (exact) mass is 370 g/mol. The Labute approximate surface area is 169 Å². The zero-order valence-corrected chi connectivity index (χ0v) is 15.8. The number of para-hydroxylation sites is 1. The number of benzene rings is 4. The van der Waals surface area contributed by atoms with E-state index < -0.39 is 0 Å². The molecule has 0 fully saturated rings. The van der Waals surface area contributed by atoms with Gasteiger partial charge in [-0.2, -0.15) is 0 Å². The SMILES string of the molecule is c1ccc(-c2cc3c4c(cccc4c2)N(c2ccccc2)c2cccnc2-3)cc1. The molecule has 4 aromatic carbocycles. The lowest BCUT2D eigenvalue weighted by atomic mass is 9.90. The quantitative estimate of drug-likeness (QED) is 0.317. The second-order valence-corrected chi connectivity index (χ2v) is 7.31. The first-order valence-corrected chi connectivity index (χ1v) is 9.83. The van der Waals surface area contributed by atoms with E-state index in [9.17, 15) is 0 Å². The molecular formula is C27H18N2. The van der Waals surface area contributed by atoms with E-state index in [-0.39, 0.29) is 0 Å². The molecule has 1 aliphatic heterocycles. The van der Waals surface area contributed by atoms with Crippen molar-refractivity contribution in [1.29, 1.82) is 0 Å². The molecule has 0 unspecified atom stereocenters. The first kappa shape index (κ1) is 16.1. The van der Waals surface area contributed by atoms with Gasteiger partial charge in [-0.25, -0.2) is 0 Å². The minimum Gasteiger partial charge on any atom is -0.308 e. The Balaban J connectivity index is 1.71. The smallest absolute Gasteiger partial charge is 0.0949 e. The summed E-state index contributed by atoms with van der Waals surface area (Å²) < 4.78 is 0. The van der Waals surface area contributed by atoms with Crippen molar-refractivity contribution in [3.05, 3.63) is 109 Å². The fraction of sp³-hybridized carbons (Fsp3) is 0. The van der Waals surface area contributed by atoms with Crippen LogP contribution in [0.1, 0.15) is 0 Å². The van der Waals surface area contributed by atoms with Crippen LogP contribution in [-0.4, -0.2) is 4.98 Å². The molecule has 1 aromatic heterocycles. The van der Waals surface area contributed by atoms with Crippen molar-refractivity contribution in [1.82, 2.24) is 4.98 Å².